The summed E-state index contributed by atoms with van der Waals surface area (Å²) in [7, 11) is 0. The summed E-state index contributed by atoms with van der Waals surface area (Å²) >= 11 is 0. The topological polar surface area (TPSA) is 88.3 Å². The Morgan fingerprint density at radius 3 is 2.23 bits per heavy atom. The zero-order valence-corrected chi connectivity index (χ0v) is 24.7. The van der Waals surface area contributed by atoms with Crippen LogP contribution in [0.25, 0.3) is 6.08 Å². The van der Waals surface area contributed by atoms with Crippen LogP contribution in [-0.4, -0.2) is 46.2 Å². The molecule has 1 aliphatic heterocycles. The molecule has 0 amide bonds. The molecule has 4 aromatic rings. The van der Waals surface area contributed by atoms with Crippen molar-refractivity contribution in [3.05, 3.63) is 144 Å². The molecule has 0 aromatic heterocycles. The van der Waals surface area contributed by atoms with E-state index in [1.165, 1.54) is 0 Å². The van der Waals surface area contributed by atoms with Gasteiger partial charge in [0.15, 0.2) is 6.04 Å². The number of carboxylic acid groups (broad SMARTS) is 1. The molecule has 0 aliphatic carbocycles. The van der Waals surface area contributed by atoms with E-state index in [1.807, 2.05) is 109 Å². The maximum absolute atomic E-state index is 13.6. The fourth-order valence-corrected chi connectivity index (χ4v) is 5.23. The van der Waals surface area contributed by atoms with Crippen molar-refractivity contribution in [2.45, 2.75) is 37.9 Å². The van der Waals surface area contributed by atoms with E-state index >= 15 is 0 Å². The van der Waals surface area contributed by atoms with Crippen LogP contribution in [0, 0.1) is 0 Å². The number of aliphatic imine (C=N–C) groups is 2. The standard InChI is InChI=1S/C36H35N3O3.Ni/c40-35(33-24-13-25-39(33)26-28-16-6-2-7-17-28)38-31-22-11-10-21-30(31)34(29-19-8-3-9-20-29)37-32(36(41)42)23-12-18-27-14-4-1-5-15-27;/h1-12,14-22,32-33H,13,23-26H2,(H,38,40)(H,41,42);/p-1/b18-12+,37-34?;/t32-,33-;/m0./s1. The van der Waals surface area contributed by atoms with Crippen LogP contribution in [0.1, 0.15) is 41.5 Å². The van der Waals surface area contributed by atoms with Gasteiger partial charge >= 0.3 is 5.97 Å². The van der Waals surface area contributed by atoms with E-state index in [-0.39, 0.29) is 34.9 Å². The van der Waals surface area contributed by atoms with Crippen LogP contribution in [0.4, 0.5) is 5.69 Å². The number of hydrogen-bond donors (Lipinski definition) is 1. The zero-order chi connectivity index (χ0) is 29.1. The van der Waals surface area contributed by atoms with Crippen LogP contribution in [0.2, 0.25) is 0 Å². The third kappa shape index (κ3) is 8.60. The number of nitrogens with zero attached hydrogens (tertiary/aromatic N) is 3. The van der Waals surface area contributed by atoms with Gasteiger partial charge in [0.25, 0.3) is 0 Å². The third-order valence-electron chi connectivity index (χ3n) is 7.35. The first-order valence-corrected chi connectivity index (χ1v) is 14.3. The molecule has 0 spiro atoms. The molecule has 0 radical (unpaired) electrons. The van der Waals surface area contributed by atoms with E-state index in [4.69, 9.17) is 4.99 Å². The Morgan fingerprint density at radius 1 is 0.907 bits per heavy atom. The molecular formula is C36H34N3NiO3-. The van der Waals surface area contributed by atoms with Gasteiger partial charge in [-0.3, -0.25) is 14.9 Å². The van der Waals surface area contributed by atoms with Crippen molar-refractivity contribution >= 4 is 29.3 Å². The van der Waals surface area contributed by atoms with Gasteiger partial charge in [-0.25, -0.2) is 4.79 Å². The minimum atomic E-state index is -1.02. The van der Waals surface area contributed by atoms with Gasteiger partial charge < -0.3 is 10.2 Å². The molecule has 2 atom stereocenters. The Bertz CT molecular complexity index is 1560. The Balaban J connectivity index is 0.00000423. The molecule has 222 valence electrons. The van der Waals surface area contributed by atoms with E-state index in [0.29, 0.717) is 23.5 Å². The van der Waals surface area contributed by atoms with Crippen molar-refractivity contribution < 1.29 is 31.5 Å². The Morgan fingerprint density at radius 2 is 1.53 bits per heavy atom. The summed E-state index contributed by atoms with van der Waals surface area (Å²) in [6.45, 7) is 1.54. The van der Waals surface area contributed by atoms with E-state index in [1.54, 1.807) is 6.07 Å². The van der Waals surface area contributed by atoms with Gasteiger partial charge in [-0.05, 0) is 48.9 Å². The summed E-state index contributed by atoms with van der Waals surface area (Å²) in [4.78, 5) is 23.9. The second-order valence-electron chi connectivity index (χ2n) is 10.3. The predicted octanol–water partition coefficient (Wildman–Crippen LogP) is 6.13. The molecule has 6 nitrogen and oxygen atoms in total. The first-order chi connectivity index (χ1) is 20.6. The van der Waals surface area contributed by atoms with Gasteiger partial charge in [-0.2, -0.15) is 0 Å². The number of aliphatic carboxylic acids is 1. The second-order valence-corrected chi connectivity index (χ2v) is 10.3. The van der Waals surface area contributed by atoms with Crippen molar-refractivity contribution in [2.75, 3.05) is 6.54 Å². The monoisotopic (exact) mass is 614 g/mol. The van der Waals surface area contributed by atoms with Crippen molar-refractivity contribution in [1.82, 2.24) is 4.90 Å². The molecule has 0 saturated carbocycles. The first-order valence-electron chi connectivity index (χ1n) is 14.3. The Hall–Kier alpha value is -4.32. The SMILES string of the molecule is O=C(O)[C@H](C/C=C/c1ccccc1)N=C(c1ccccc1)c1ccccc1N=C([O-])[C@@H]1CCCN1Cc1ccccc1.[Ni]. The largest absolute Gasteiger partial charge is 0.861 e. The molecule has 0 bridgehead atoms. The molecule has 1 fully saturated rings. The van der Waals surface area contributed by atoms with Gasteiger partial charge in [0.2, 0.25) is 0 Å². The molecule has 1 heterocycles. The number of carbonyl (C=O) groups is 1. The van der Waals surface area contributed by atoms with Crippen molar-refractivity contribution in [2.24, 2.45) is 9.98 Å². The van der Waals surface area contributed by atoms with Crippen molar-refractivity contribution in [3.63, 3.8) is 0 Å². The number of hydrogen-bond acceptors (Lipinski definition) is 5. The summed E-state index contributed by atoms with van der Waals surface area (Å²) in [6, 6.07) is 35.4. The number of rotatable bonds is 11. The van der Waals surface area contributed by atoms with E-state index < -0.39 is 12.0 Å². The van der Waals surface area contributed by atoms with Crippen LogP contribution in [0.5, 0.6) is 0 Å². The quantitative estimate of drug-likeness (QED) is 0.125. The molecule has 4 aromatic carbocycles. The van der Waals surface area contributed by atoms with Crippen LogP contribution >= 0.6 is 0 Å². The maximum Gasteiger partial charge on any atom is 0.328 e. The van der Waals surface area contributed by atoms with Crippen LogP contribution in [-0.2, 0) is 27.8 Å². The molecule has 7 heteroatoms. The molecule has 1 aliphatic rings. The Kier molecular flexibility index (Phi) is 11.6. The van der Waals surface area contributed by atoms with Gasteiger partial charge in [-0.15, -0.1) is 0 Å². The Labute approximate surface area is 263 Å². The summed E-state index contributed by atoms with van der Waals surface area (Å²) < 4.78 is 0. The summed E-state index contributed by atoms with van der Waals surface area (Å²) in [6.07, 6.45) is 5.65. The molecular weight excluding hydrogens is 581 g/mol. The summed E-state index contributed by atoms with van der Waals surface area (Å²) in [5.41, 5.74) is 4.53. The third-order valence-corrected chi connectivity index (χ3v) is 7.35. The van der Waals surface area contributed by atoms with Crippen LogP contribution < -0.4 is 5.11 Å². The molecule has 1 N–H and O–H groups in total. The van der Waals surface area contributed by atoms with Crippen LogP contribution in [0.15, 0.2) is 131 Å². The maximum atomic E-state index is 13.6. The van der Waals surface area contributed by atoms with E-state index in [2.05, 4.69) is 22.0 Å². The summed E-state index contributed by atoms with van der Waals surface area (Å²) in [5, 5.41) is 23.7. The molecule has 5 rings (SSSR count). The minimum Gasteiger partial charge on any atom is -0.861 e. The zero-order valence-electron chi connectivity index (χ0n) is 23.7. The average Bonchev–Trinajstić information content (AvgIpc) is 3.49. The minimum absolute atomic E-state index is 0. The fourth-order valence-electron chi connectivity index (χ4n) is 5.23. The average molecular weight is 615 g/mol. The normalized spacial score (nSPS) is 16.6. The van der Waals surface area contributed by atoms with E-state index in [9.17, 15) is 15.0 Å². The van der Waals surface area contributed by atoms with Crippen molar-refractivity contribution in [1.29, 1.82) is 0 Å². The van der Waals surface area contributed by atoms with Crippen molar-refractivity contribution in [3.8, 4) is 0 Å². The molecule has 0 unspecified atom stereocenters. The second kappa shape index (κ2) is 15.8. The van der Waals surface area contributed by atoms with E-state index in [0.717, 1.165) is 36.1 Å². The number of para-hydroxylation sites is 1. The fraction of sp³-hybridized carbons (Fsp3) is 0.194. The number of likely N-dealkylation sites (tertiary alicyclic amines) is 1. The molecule has 1 saturated heterocycles. The van der Waals surface area contributed by atoms with Crippen LogP contribution in [0.3, 0.4) is 0 Å². The van der Waals surface area contributed by atoms with Gasteiger partial charge in [0.1, 0.15) is 0 Å². The summed E-state index contributed by atoms with van der Waals surface area (Å²) in [5.74, 6) is -1.21. The number of carboxylic acids is 1. The van der Waals surface area contributed by atoms with Gasteiger partial charge in [-0.1, -0.05) is 121 Å². The number of benzene rings is 4. The van der Waals surface area contributed by atoms with Gasteiger partial charge in [0, 0.05) is 40.2 Å². The predicted molar refractivity (Wildman–Crippen MR) is 167 cm³/mol. The molecule has 43 heavy (non-hydrogen) atoms. The smallest absolute Gasteiger partial charge is 0.328 e. The van der Waals surface area contributed by atoms with Gasteiger partial charge in [0.05, 0.1) is 11.4 Å². The first kappa shape index (κ1) is 31.6.